The van der Waals surface area contributed by atoms with Gasteiger partial charge in [0.1, 0.15) is 5.75 Å². The lowest BCUT2D eigenvalue weighted by molar-refractivity contribution is -0.136. The molecule has 0 aliphatic carbocycles. The van der Waals surface area contributed by atoms with Crippen molar-refractivity contribution in [2.45, 2.75) is 6.54 Å². The van der Waals surface area contributed by atoms with Crippen molar-refractivity contribution in [2.75, 3.05) is 66.1 Å². The monoisotopic (exact) mass is 401 g/mol. The zero-order valence-corrected chi connectivity index (χ0v) is 16.7. The summed E-state index contributed by atoms with van der Waals surface area (Å²) in [5, 5.41) is 8.34. The molecule has 1 amide bonds. The lowest BCUT2D eigenvalue weighted by Gasteiger charge is -2.35. The number of hydrogen-bond acceptors (Lipinski definition) is 8. The van der Waals surface area contributed by atoms with Gasteiger partial charge in [0, 0.05) is 44.8 Å². The van der Waals surface area contributed by atoms with Gasteiger partial charge in [-0.05, 0) is 24.3 Å². The van der Waals surface area contributed by atoms with Crippen molar-refractivity contribution in [1.82, 2.24) is 24.9 Å². The van der Waals surface area contributed by atoms with Crippen LogP contribution in [0, 0.1) is 0 Å². The molecule has 3 heterocycles. The molecule has 0 bridgehead atoms. The number of piperazine rings is 1. The molecule has 0 unspecified atom stereocenters. The SMILES string of the molecule is COc1ccc(-c2nnc(CN3CCN(CC(=O)N4CCOCC4)CC3)o2)cc1. The van der Waals surface area contributed by atoms with Crippen LogP contribution in [0.1, 0.15) is 5.89 Å². The Kier molecular flexibility index (Phi) is 6.38. The van der Waals surface area contributed by atoms with Crippen molar-refractivity contribution >= 4 is 5.91 Å². The van der Waals surface area contributed by atoms with E-state index in [1.165, 1.54) is 0 Å². The molecule has 0 N–H and O–H groups in total. The van der Waals surface area contributed by atoms with Crippen LogP contribution in [0.5, 0.6) is 5.75 Å². The maximum Gasteiger partial charge on any atom is 0.247 e. The highest BCUT2D eigenvalue weighted by Crippen LogP contribution is 2.21. The Morgan fingerprint density at radius 3 is 2.38 bits per heavy atom. The van der Waals surface area contributed by atoms with Gasteiger partial charge < -0.3 is 18.8 Å². The minimum absolute atomic E-state index is 0.197. The maximum absolute atomic E-state index is 12.4. The summed E-state index contributed by atoms with van der Waals surface area (Å²) in [7, 11) is 1.64. The number of amides is 1. The second kappa shape index (κ2) is 9.34. The standard InChI is InChI=1S/C20H27N5O4/c1-27-17-4-2-16(3-5-17)20-22-21-18(29-20)14-23-6-8-24(9-7-23)15-19(26)25-10-12-28-13-11-25/h2-5H,6-15H2,1H3. The highest BCUT2D eigenvalue weighted by Gasteiger charge is 2.24. The summed E-state index contributed by atoms with van der Waals surface area (Å²) in [5.41, 5.74) is 0.871. The number of carbonyl (C=O) groups is 1. The van der Waals surface area contributed by atoms with Crippen molar-refractivity contribution in [3.05, 3.63) is 30.2 Å². The third kappa shape index (κ3) is 5.11. The normalized spacial score (nSPS) is 18.7. The fourth-order valence-corrected chi connectivity index (χ4v) is 3.57. The summed E-state index contributed by atoms with van der Waals surface area (Å²) in [6, 6.07) is 7.55. The van der Waals surface area contributed by atoms with E-state index in [0.717, 1.165) is 37.5 Å². The Morgan fingerprint density at radius 1 is 1.00 bits per heavy atom. The van der Waals surface area contributed by atoms with Crippen LogP contribution in [-0.4, -0.2) is 96.9 Å². The Hall–Kier alpha value is -2.49. The first-order valence-electron chi connectivity index (χ1n) is 9.98. The van der Waals surface area contributed by atoms with Gasteiger partial charge in [-0.3, -0.25) is 14.6 Å². The molecule has 1 aromatic heterocycles. The Bertz CT molecular complexity index is 795. The molecule has 29 heavy (non-hydrogen) atoms. The molecule has 0 radical (unpaired) electrons. The van der Waals surface area contributed by atoms with Crippen LogP contribution in [-0.2, 0) is 16.1 Å². The van der Waals surface area contributed by atoms with Gasteiger partial charge in [0.25, 0.3) is 0 Å². The average molecular weight is 401 g/mol. The highest BCUT2D eigenvalue weighted by atomic mass is 16.5. The van der Waals surface area contributed by atoms with E-state index in [2.05, 4.69) is 20.0 Å². The lowest BCUT2D eigenvalue weighted by atomic mass is 10.2. The predicted octanol–water partition coefficient (Wildman–Crippen LogP) is 0.722. The third-order valence-electron chi connectivity index (χ3n) is 5.35. The molecular formula is C20H27N5O4. The molecule has 9 nitrogen and oxygen atoms in total. The largest absolute Gasteiger partial charge is 0.497 e. The van der Waals surface area contributed by atoms with Crippen LogP contribution in [0.4, 0.5) is 0 Å². The number of rotatable bonds is 6. The molecular weight excluding hydrogens is 374 g/mol. The molecule has 2 aliphatic heterocycles. The van der Waals surface area contributed by atoms with E-state index in [1.807, 2.05) is 29.2 Å². The van der Waals surface area contributed by atoms with Gasteiger partial charge in [-0.25, -0.2) is 0 Å². The number of nitrogens with zero attached hydrogens (tertiary/aromatic N) is 5. The smallest absolute Gasteiger partial charge is 0.247 e. The number of methoxy groups -OCH3 is 1. The summed E-state index contributed by atoms with van der Waals surface area (Å²) < 4.78 is 16.3. The second-order valence-corrected chi connectivity index (χ2v) is 7.27. The quantitative estimate of drug-likeness (QED) is 0.700. The van der Waals surface area contributed by atoms with Gasteiger partial charge in [0.2, 0.25) is 17.7 Å². The molecule has 0 spiro atoms. The van der Waals surface area contributed by atoms with E-state index in [9.17, 15) is 4.79 Å². The summed E-state index contributed by atoms with van der Waals surface area (Å²) in [5.74, 6) is 2.10. The first kappa shape index (κ1) is 19.8. The Labute approximate surface area is 170 Å². The van der Waals surface area contributed by atoms with E-state index in [1.54, 1.807) is 7.11 Å². The zero-order valence-electron chi connectivity index (χ0n) is 16.7. The molecule has 1 aromatic carbocycles. The van der Waals surface area contributed by atoms with Gasteiger partial charge in [-0.2, -0.15) is 0 Å². The molecule has 156 valence electrons. The van der Waals surface area contributed by atoms with Gasteiger partial charge in [-0.1, -0.05) is 0 Å². The molecule has 4 rings (SSSR count). The fourth-order valence-electron chi connectivity index (χ4n) is 3.57. The van der Waals surface area contributed by atoms with E-state index in [4.69, 9.17) is 13.9 Å². The number of morpholine rings is 1. The summed E-state index contributed by atoms with van der Waals surface area (Å²) >= 11 is 0. The number of aromatic nitrogens is 2. The van der Waals surface area contributed by atoms with E-state index in [-0.39, 0.29) is 5.91 Å². The van der Waals surface area contributed by atoms with Crippen LogP contribution in [0.15, 0.2) is 28.7 Å². The summed E-state index contributed by atoms with van der Waals surface area (Å²) in [6.45, 7) is 7.24. The van der Waals surface area contributed by atoms with Crippen molar-refractivity contribution in [2.24, 2.45) is 0 Å². The van der Waals surface area contributed by atoms with Crippen LogP contribution >= 0.6 is 0 Å². The number of benzene rings is 1. The lowest BCUT2D eigenvalue weighted by Crippen LogP contribution is -2.51. The van der Waals surface area contributed by atoms with Crippen LogP contribution < -0.4 is 4.74 Å². The summed E-state index contributed by atoms with van der Waals surface area (Å²) in [6.07, 6.45) is 0. The zero-order chi connectivity index (χ0) is 20.1. The van der Waals surface area contributed by atoms with Crippen LogP contribution in [0.3, 0.4) is 0 Å². The predicted molar refractivity (Wildman–Crippen MR) is 105 cm³/mol. The minimum Gasteiger partial charge on any atom is -0.497 e. The number of carbonyl (C=O) groups excluding carboxylic acids is 1. The minimum atomic E-state index is 0.197. The van der Waals surface area contributed by atoms with Crippen molar-refractivity contribution in [3.63, 3.8) is 0 Å². The molecule has 2 fully saturated rings. The molecule has 0 saturated carbocycles. The molecule has 2 saturated heterocycles. The average Bonchev–Trinajstić information content (AvgIpc) is 3.24. The van der Waals surface area contributed by atoms with E-state index < -0.39 is 0 Å². The van der Waals surface area contributed by atoms with Crippen molar-refractivity contribution in [1.29, 1.82) is 0 Å². The van der Waals surface area contributed by atoms with Gasteiger partial charge >= 0.3 is 0 Å². The number of ether oxygens (including phenoxy) is 2. The molecule has 2 aliphatic rings. The van der Waals surface area contributed by atoms with Gasteiger partial charge in [0.05, 0.1) is 33.4 Å². The Morgan fingerprint density at radius 2 is 1.69 bits per heavy atom. The number of hydrogen-bond donors (Lipinski definition) is 0. The van der Waals surface area contributed by atoms with E-state index in [0.29, 0.717) is 51.2 Å². The Balaban J connectivity index is 1.24. The van der Waals surface area contributed by atoms with Gasteiger partial charge in [0.15, 0.2) is 0 Å². The second-order valence-electron chi connectivity index (χ2n) is 7.27. The fraction of sp³-hybridized carbons (Fsp3) is 0.550. The van der Waals surface area contributed by atoms with Crippen LogP contribution in [0.25, 0.3) is 11.5 Å². The van der Waals surface area contributed by atoms with Crippen molar-refractivity contribution < 1.29 is 18.7 Å². The molecule has 9 heteroatoms. The first-order chi connectivity index (χ1) is 14.2. The molecule has 2 aromatic rings. The maximum atomic E-state index is 12.4. The van der Waals surface area contributed by atoms with E-state index >= 15 is 0 Å². The topological polar surface area (TPSA) is 84.2 Å². The first-order valence-corrected chi connectivity index (χ1v) is 9.98. The van der Waals surface area contributed by atoms with Gasteiger partial charge in [-0.15, -0.1) is 10.2 Å². The summed E-state index contributed by atoms with van der Waals surface area (Å²) in [4.78, 5) is 18.8. The highest BCUT2D eigenvalue weighted by molar-refractivity contribution is 5.78. The molecule has 0 atom stereocenters. The third-order valence-corrected chi connectivity index (χ3v) is 5.35. The van der Waals surface area contributed by atoms with Crippen molar-refractivity contribution in [3.8, 4) is 17.2 Å². The van der Waals surface area contributed by atoms with Crippen LogP contribution in [0.2, 0.25) is 0 Å².